The van der Waals surface area contributed by atoms with Crippen LogP contribution >= 0.6 is 11.8 Å². The van der Waals surface area contributed by atoms with E-state index in [0.29, 0.717) is 18.8 Å². The molecule has 1 aliphatic rings. The van der Waals surface area contributed by atoms with Crippen LogP contribution in [0.4, 0.5) is 5.69 Å². The summed E-state index contributed by atoms with van der Waals surface area (Å²) in [5.74, 6) is -0.409. The van der Waals surface area contributed by atoms with Crippen molar-refractivity contribution in [1.82, 2.24) is 8.87 Å². The van der Waals surface area contributed by atoms with E-state index < -0.39 is 21.5 Å². The van der Waals surface area contributed by atoms with Gasteiger partial charge in [0, 0.05) is 40.8 Å². The van der Waals surface area contributed by atoms with E-state index in [9.17, 15) is 18.0 Å². The van der Waals surface area contributed by atoms with Gasteiger partial charge < -0.3 is 9.88 Å². The normalized spacial score (nSPS) is 14.3. The molecule has 1 N–H and O–H groups in total. The van der Waals surface area contributed by atoms with Gasteiger partial charge in [0.2, 0.25) is 15.9 Å². The van der Waals surface area contributed by atoms with Crippen molar-refractivity contribution in [2.75, 3.05) is 18.4 Å². The number of sulfonamides is 1. The topological polar surface area (TPSA) is 88.5 Å². The SMILES string of the molecule is Cc1ccc(C)c(Sc2ccc(NC(=O)Cn3cc(S(=O)(=O)N4CCCC4)ccc3=O)cc2)c1. The highest BCUT2D eigenvalue weighted by Crippen LogP contribution is 2.31. The molecule has 1 aliphatic heterocycles. The number of pyridine rings is 1. The number of hydrogen-bond acceptors (Lipinski definition) is 5. The van der Waals surface area contributed by atoms with Crippen LogP contribution in [0.2, 0.25) is 0 Å². The molecule has 9 heteroatoms. The Morgan fingerprint density at radius 2 is 1.71 bits per heavy atom. The Morgan fingerprint density at radius 1 is 1.00 bits per heavy atom. The predicted octanol–water partition coefficient (Wildman–Crippen LogP) is 4.04. The van der Waals surface area contributed by atoms with Gasteiger partial charge in [-0.25, -0.2) is 8.42 Å². The molecular weight excluding hydrogens is 470 g/mol. The van der Waals surface area contributed by atoms with E-state index in [4.69, 9.17) is 0 Å². The number of anilines is 1. The van der Waals surface area contributed by atoms with E-state index in [1.807, 2.05) is 24.3 Å². The summed E-state index contributed by atoms with van der Waals surface area (Å²) >= 11 is 1.66. The lowest BCUT2D eigenvalue weighted by Gasteiger charge is -2.16. The molecule has 0 atom stereocenters. The van der Waals surface area contributed by atoms with Crippen LogP contribution in [0.25, 0.3) is 0 Å². The van der Waals surface area contributed by atoms with Gasteiger partial charge in [0.1, 0.15) is 6.54 Å². The highest BCUT2D eigenvalue weighted by molar-refractivity contribution is 7.99. The molecule has 2 aromatic carbocycles. The molecule has 0 spiro atoms. The molecule has 3 aromatic rings. The number of nitrogens with one attached hydrogen (secondary N) is 1. The van der Waals surface area contributed by atoms with Crippen molar-refractivity contribution in [2.24, 2.45) is 0 Å². The number of benzene rings is 2. The standard InChI is InChI=1S/C25H27N3O4S2/c1-18-5-6-19(2)23(15-18)33-21-9-7-20(8-10-21)26-24(29)17-27-16-22(11-12-25(27)30)34(31,32)28-13-3-4-14-28/h5-12,15-16H,3-4,13-14,17H2,1-2H3,(H,26,29). The number of carbonyl (C=O) groups excluding carboxylic acids is 1. The zero-order chi connectivity index (χ0) is 24.3. The van der Waals surface area contributed by atoms with Gasteiger partial charge in [-0.15, -0.1) is 0 Å². The van der Waals surface area contributed by atoms with Crippen LogP contribution in [0.1, 0.15) is 24.0 Å². The minimum Gasteiger partial charge on any atom is -0.325 e. The number of aromatic nitrogens is 1. The number of carbonyl (C=O) groups is 1. The van der Waals surface area contributed by atoms with Gasteiger partial charge >= 0.3 is 0 Å². The van der Waals surface area contributed by atoms with Gasteiger partial charge in [0.05, 0.1) is 4.90 Å². The first-order chi connectivity index (χ1) is 16.2. The van der Waals surface area contributed by atoms with Crippen LogP contribution in [0.15, 0.2) is 80.3 Å². The van der Waals surface area contributed by atoms with E-state index in [1.54, 1.807) is 11.8 Å². The molecule has 178 valence electrons. The molecule has 7 nitrogen and oxygen atoms in total. The first kappa shape index (κ1) is 24.3. The first-order valence-corrected chi connectivity index (χ1v) is 13.3. The summed E-state index contributed by atoms with van der Waals surface area (Å²) in [6, 6.07) is 16.3. The number of amides is 1. The Bertz CT molecular complexity index is 1360. The van der Waals surface area contributed by atoms with E-state index in [1.165, 1.54) is 38.7 Å². The fourth-order valence-corrected chi connectivity index (χ4v) is 6.31. The molecule has 0 bridgehead atoms. The van der Waals surface area contributed by atoms with Crippen molar-refractivity contribution >= 4 is 33.4 Å². The van der Waals surface area contributed by atoms with E-state index in [0.717, 1.165) is 22.3 Å². The van der Waals surface area contributed by atoms with Gasteiger partial charge in [0.25, 0.3) is 5.56 Å². The maximum atomic E-state index is 12.8. The van der Waals surface area contributed by atoms with Crippen LogP contribution in [0.3, 0.4) is 0 Å². The summed E-state index contributed by atoms with van der Waals surface area (Å²) in [6.07, 6.45) is 2.89. The number of nitrogens with zero attached hydrogens (tertiary/aromatic N) is 2. The van der Waals surface area contributed by atoms with Crippen LogP contribution in [-0.4, -0.2) is 36.3 Å². The monoisotopic (exact) mass is 497 g/mol. The Morgan fingerprint density at radius 3 is 2.41 bits per heavy atom. The first-order valence-electron chi connectivity index (χ1n) is 11.1. The molecule has 0 aliphatic carbocycles. The van der Waals surface area contributed by atoms with Crippen molar-refractivity contribution in [1.29, 1.82) is 0 Å². The second-order valence-electron chi connectivity index (χ2n) is 8.39. The van der Waals surface area contributed by atoms with Crippen molar-refractivity contribution < 1.29 is 13.2 Å². The third-order valence-electron chi connectivity index (χ3n) is 5.68. The number of hydrogen-bond donors (Lipinski definition) is 1. The molecule has 0 unspecified atom stereocenters. The van der Waals surface area contributed by atoms with E-state index in [2.05, 4.69) is 37.4 Å². The zero-order valence-corrected chi connectivity index (χ0v) is 20.8. The smallest absolute Gasteiger partial charge is 0.251 e. The fraction of sp³-hybridized carbons (Fsp3) is 0.280. The Hall–Kier alpha value is -2.88. The highest BCUT2D eigenvalue weighted by Gasteiger charge is 2.27. The van der Waals surface area contributed by atoms with Gasteiger partial charge in [-0.1, -0.05) is 23.9 Å². The Balaban J connectivity index is 1.42. The van der Waals surface area contributed by atoms with Gasteiger partial charge in [-0.3, -0.25) is 9.59 Å². The molecule has 1 amide bonds. The summed E-state index contributed by atoms with van der Waals surface area (Å²) < 4.78 is 28.1. The Kier molecular flexibility index (Phi) is 7.25. The van der Waals surface area contributed by atoms with Crippen molar-refractivity contribution in [3.63, 3.8) is 0 Å². The third kappa shape index (κ3) is 5.60. The molecule has 0 saturated carbocycles. The number of rotatable bonds is 7. The quantitative estimate of drug-likeness (QED) is 0.532. The third-order valence-corrected chi connectivity index (χ3v) is 8.73. The van der Waals surface area contributed by atoms with Crippen LogP contribution in [0, 0.1) is 13.8 Å². The number of aryl methyl sites for hydroxylation is 2. The predicted molar refractivity (Wildman–Crippen MR) is 134 cm³/mol. The van der Waals surface area contributed by atoms with Crippen molar-refractivity contribution in [3.05, 3.63) is 82.3 Å². The van der Waals surface area contributed by atoms with Crippen LogP contribution in [-0.2, 0) is 21.4 Å². The average Bonchev–Trinajstić information content (AvgIpc) is 3.35. The molecule has 2 heterocycles. The Labute approximate surface area is 203 Å². The van der Waals surface area contributed by atoms with Crippen LogP contribution in [0.5, 0.6) is 0 Å². The molecule has 1 aromatic heterocycles. The molecule has 34 heavy (non-hydrogen) atoms. The van der Waals surface area contributed by atoms with Crippen molar-refractivity contribution in [3.8, 4) is 0 Å². The summed E-state index contributed by atoms with van der Waals surface area (Å²) in [4.78, 5) is 27.1. The summed E-state index contributed by atoms with van der Waals surface area (Å²) in [7, 11) is -3.67. The molecule has 1 saturated heterocycles. The molecule has 1 fully saturated rings. The molecular formula is C25H27N3O4S2. The largest absolute Gasteiger partial charge is 0.325 e. The summed E-state index contributed by atoms with van der Waals surface area (Å²) in [5.41, 5.74) is 2.57. The lowest BCUT2D eigenvalue weighted by atomic mass is 10.2. The van der Waals surface area contributed by atoms with Crippen molar-refractivity contribution in [2.45, 2.75) is 47.9 Å². The average molecular weight is 498 g/mol. The fourth-order valence-electron chi connectivity index (χ4n) is 3.77. The maximum absolute atomic E-state index is 12.8. The van der Waals surface area contributed by atoms with Crippen LogP contribution < -0.4 is 10.9 Å². The van der Waals surface area contributed by atoms with Gasteiger partial charge in [0.15, 0.2) is 0 Å². The molecule has 4 rings (SSSR count). The lowest BCUT2D eigenvalue weighted by Crippen LogP contribution is -2.31. The second-order valence-corrected chi connectivity index (χ2v) is 11.4. The lowest BCUT2D eigenvalue weighted by molar-refractivity contribution is -0.116. The second kappa shape index (κ2) is 10.2. The minimum absolute atomic E-state index is 0.0228. The maximum Gasteiger partial charge on any atom is 0.251 e. The highest BCUT2D eigenvalue weighted by atomic mass is 32.2. The molecule has 0 radical (unpaired) electrons. The summed E-state index contributed by atoms with van der Waals surface area (Å²) in [6.45, 7) is 4.80. The zero-order valence-electron chi connectivity index (χ0n) is 19.2. The van der Waals surface area contributed by atoms with Gasteiger partial charge in [-0.05, 0) is 74.2 Å². The summed E-state index contributed by atoms with van der Waals surface area (Å²) in [5, 5.41) is 2.77. The van der Waals surface area contributed by atoms with Gasteiger partial charge in [-0.2, -0.15) is 4.31 Å². The van der Waals surface area contributed by atoms with E-state index >= 15 is 0 Å². The minimum atomic E-state index is -3.67. The van der Waals surface area contributed by atoms with E-state index in [-0.39, 0.29) is 11.4 Å².